The number of aliphatic hydroxyl groups excluding tert-OH is 1. The van der Waals surface area contributed by atoms with Crippen LogP contribution in [0, 0.1) is 0 Å². The van der Waals surface area contributed by atoms with Crippen LogP contribution in [0.15, 0.2) is 24.5 Å². The fourth-order valence-corrected chi connectivity index (χ4v) is 1.83. The van der Waals surface area contributed by atoms with Gasteiger partial charge in [0.25, 0.3) is 0 Å². The van der Waals surface area contributed by atoms with Crippen LogP contribution in [0.2, 0.25) is 0 Å². The summed E-state index contributed by atoms with van der Waals surface area (Å²) in [5.41, 5.74) is 2.58. The minimum absolute atomic E-state index is 0.442. The van der Waals surface area contributed by atoms with E-state index in [1.54, 1.807) is 24.1 Å². The number of hydrogen-bond acceptors (Lipinski definition) is 4. The van der Waals surface area contributed by atoms with E-state index in [1.165, 1.54) is 0 Å². The van der Waals surface area contributed by atoms with Gasteiger partial charge in [-0.1, -0.05) is 18.2 Å². The fraction of sp³-hybridized carbons (Fsp3) is 0.417. The van der Waals surface area contributed by atoms with Crippen molar-refractivity contribution in [2.75, 3.05) is 0 Å². The van der Waals surface area contributed by atoms with Crippen LogP contribution in [0.3, 0.4) is 0 Å². The van der Waals surface area contributed by atoms with E-state index in [0.29, 0.717) is 6.42 Å². The largest absolute Gasteiger partial charge is 0.386 e. The lowest BCUT2D eigenvalue weighted by Gasteiger charge is -2.11. The second-order valence-electron chi connectivity index (χ2n) is 4.00. The first kappa shape index (κ1) is 11.7. The molecule has 2 rings (SSSR count). The molecule has 0 radical (unpaired) electrons. The smallest absolute Gasteiger partial charge is 0.102 e. The molecule has 0 saturated heterocycles. The van der Waals surface area contributed by atoms with Crippen molar-refractivity contribution in [2.24, 2.45) is 7.05 Å². The highest BCUT2D eigenvalue weighted by Crippen LogP contribution is 2.19. The van der Waals surface area contributed by atoms with Gasteiger partial charge in [0.15, 0.2) is 0 Å². The first-order valence-corrected chi connectivity index (χ1v) is 5.67. The fourth-order valence-electron chi connectivity index (χ4n) is 1.83. The number of rotatable bonds is 4. The monoisotopic (exact) mass is 232 g/mol. The van der Waals surface area contributed by atoms with E-state index in [4.69, 9.17) is 0 Å². The Hall–Kier alpha value is -1.75. The standard InChI is InChI=1S/C12H16N4O/c1-3-9-5-4-6-13-12(9)11(17)7-10-8-16(2)15-14-10/h4-6,8,11,17H,3,7H2,1-2H3. The number of hydrogen-bond donors (Lipinski definition) is 1. The van der Waals surface area contributed by atoms with Crippen molar-refractivity contribution in [2.45, 2.75) is 25.9 Å². The predicted molar refractivity (Wildman–Crippen MR) is 63.3 cm³/mol. The van der Waals surface area contributed by atoms with Gasteiger partial charge in [-0.25, -0.2) is 0 Å². The maximum absolute atomic E-state index is 10.2. The molecule has 90 valence electrons. The number of aliphatic hydroxyl groups is 1. The minimum Gasteiger partial charge on any atom is -0.386 e. The predicted octanol–water partition coefficient (Wildman–Crippen LogP) is 1.05. The normalized spacial score (nSPS) is 12.6. The van der Waals surface area contributed by atoms with E-state index in [9.17, 15) is 5.11 Å². The van der Waals surface area contributed by atoms with Gasteiger partial charge in [0.05, 0.1) is 11.4 Å². The molecule has 2 aromatic rings. The molecule has 0 fully saturated rings. The van der Waals surface area contributed by atoms with Crippen LogP contribution in [-0.4, -0.2) is 25.1 Å². The summed E-state index contributed by atoms with van der Waals surface area (Å²) in [5, 5.41) is 18.0. The molecular weight excluding hydrogens is 216 g/mol. The Bertz CT molecular complexity index is 495. The lowest BCUT2D eigenvalue weighted by Crippen LogP contribution is -2.07. The summed E-state index contributed by atoms with van der Waals surface area (Å²) >= 11 is 0. The molecule has 2 aromatic heterocycles. The summed E-state index contributed by atoms with van der Waals surface area (Å²) in [5.74, 6) is 0. The Morgan fingerprint density at radius 2 is 2.29 bits per heavy atom. The van der Waals surface area contributed by atoms with Crippen molar-refractivity contribution in [1.29, 1.82) is 0 Å². The summed E-state index contributed by atoms with van der Waals surface area (Å²) in [6.45, 7) is 2.05. The molecule has 0 aliphatic heterocycles. The zero-order valence-electron chi connectivity index (χ0n) is 10.0. The van der Waals surface area contributed by atoms with Crippen molar-refractivity contribution in [1.82, 2.24) is 20.0 Å². The van der Waals surface area contributed by atoms with Gasteiger partial charge >= 0.3 is 0 Å². The molecule has 1 N–H and O–H groups in total. The quantitative estimate of drug-likeness (QED) is 0.855. The number of pyridine rings is 1. The van der Waals surface area contributed by atoms with Gasteiger partial charge in [-0.2, -0.15) is 0 Å². The van der Waals surface area contributed by atoms with Gasteiger partial charge in [-0.3, -0.25) is 9.67 Å². The summed E-state index contributed by atoms with van der Waals surface area (Å²) < 4.78 is 1.63. The lowest BCUT2D eigenvalue weighted by atomic mass is 10.0. The number of aryl methyl sites for hydroxylation is 2. The van der Waals surface area contributed by atoms with Crippen LogP contribution < -0.4 is 0 Å². The highest BCUT2D eigenvalue weighted by atomic mass is 16.3. The first-order valence-electron chi connectivity index (χ1n) is 5.67. The average molecular weight is 232 g/mol. The number of nitrogens with zero attached hydrogens (tertiary/aromatic N) is 4. The first-order chi connectivity index (χ1) is 8.20. The highest BCUT2D eigenvalue weighted by Gasteiger charge is 2.15. The third-order valence-electron chi connectivity index (χ3n) is 2.68. The van der Waals surface area contributed by atoms with E-state index in [0.717, 1.165) is 23.4 Å². The second-order valence-corrected chi connectivity index (χ2v) is 4.00. The van der Waals surface area contributed by atoms with Crippen molar-refractivity contribution >= 4 is 0 Å². The highest BCUT2D eigenvalue weighted by molar-refractivity contribution is 5.22. The maximum atomic E-state index is 10.2. The van der Waals surface area contributed by atoms with Crippen LogP contribution >= 0.6 is 0 Å². The average Bonchev–Trinajstić information content (AvgIpc) is 2.74. The van der Waals surface area contributed by atoms with Crippen molar-refractivity contribution < 1.29 is 5.11 Å². The Labute approximate surface area is 100 Å². The zero-order chi connectivity index (χ0) is 12.3. The molecule has 17 heavy (non-hydrogen) atoms. The number of aromatic nitrogens is 4. The SMILES string of the molecule is CCc1cccnc1C(O)Cc1cn(C)nn1. The molecular formula is C12H16N4O. The van der Waals surface area contributed by atoms with Gasteiger partial charge in [0, 0.05) is 25.9 Å². The Kier molecular flexibility index (Phi) is 3.49. The molecule has 5 heteroatoms. The van der Waals surface area contributed by atoms with Gasteiger partial charge in [0.2, 0.25) is 0 Å². The van der Waals surface area contributed by atoms with Gasteiger partial charge in [-0.05, 0) is 18.1 Å². The summed E-state index contributed by atoms with van der Waals surface area (Å²) in [6.07, 6.45) is 4.19. The van der Waals surface area contributed by atoms with Gasteiger partial charge in [0.1, 0.15) is 6.10 Å². The van der Waals surface area contributed by atoms with Crippen LogP contribution in [0.1, 0.15) is 30.0 Å². The van der Waals surface area contributed by atoms with Crippen LogP contribution in [0.25, 0.3) is 0 Å². The van der Waals surface area contributed by atoms with E-state index in [1.807, 2.05) is 12.1 Å². The second kappa shape index (κ2) is 5.05. The van der Waals surface area contributed by atoms with Crippen LogP contribution in [0.4, 0.5) is 0 Å². The molecule has 0 aliphatic rings. The van der Waals surface area contributed by atoms with Crippen LogP contribution in [-0.2, 0) is 19.9 Å². The topological polar surface area (TPSA) is 63.8 Å². The molecule has 0 amide bonds. The molecule has 2 heterocycles. The molecule has 0 saturated carbocycles. The minimum atomic E-state index is -0.622. The van der Waals surface area contributed by atoms with E-state index in [2.05, 4.69) is 22.2 Å². The van der Waals surface area contributed by atoms with Gasteiger partial charge in [-0.15, -0.1) is 5.10 Å². The van der Waals surface area contributed by atoms with Crippen molar-refractivity contribution in [3.8, 4) is 0 Å². The third kappa shape index (κ3) is 2.68. The Morgan fingerprint density at radius 3 is 2.94 bits per heavy atom. The van der Waals surface area contributed by atoms with E-state index < -0.39 is 6.10 Å². The maximum Gasteiger partial charge on any atom is 0.102 e. The third-order valence-corrected chi connectivity index (χ3v) is 2.68. The lowest BCUT2D eigenvalue weighted by molar-refractivity contribution is 0.171. The van der Waals surface area contributed by atoms with Crippen LogP contribution in [0.5, 0.6) is 0 Å². The van der Waals surface area contributed by atoms with E-state index >= 15 is 0 Å². The molecule has 1 unspecified atom stereocenters. The van der Waals surface area contributed by atoms with E-state index in [-0.39, 0.29) is 0 Å². The Balaban J connectivity index is 2.16. The van der Waals surface area contributed by atoms with Gasteiger partial charge < -0.3 is 5.11 Å². The zero-order valence-corrected chi connectivity index (χ0v) is 10.0. The molecule has 0 bridgehead atoms. The molecule has 5 nitrogen and oxygen atoms in total. The van der Waals surface area contributed by atoms with Crippen molar-refractivity contribution in [3.63, 3.8) is 0 Å². The Morgan fingerprint density at radius 1 is 1.47 bits per heavy atom. The summed E-state index contributed by atoms with van der Waals surface area (Å²) in [4.78, 5) is 4.25. The molecule has 0 spiro atoms. The molecule has 1 atom stereocenters. The summed E-state index contributed by atoms with van der Waals surface area (Å²) in [6, 6.07) is 3.87. The summed E-state index contributed by atoms with van der Waals surface area (Å²) in [7, 11) is 1.81. The molecule has 0 aromatic carbocycles. The molecule has 0 aliphatic carbocycles. The van der Waals surface area contributed by atoms with Crippen molar-refractivity contribution in [3.05, 3.63) is 41.5 Å².